The highest BCUT2D eigenvalue weighted by atomic mass is 16.3. The van der Waals surface area contributed by atoms with Gasteiger partial charge in [0.1, 0.15) is 0 Å². The van der Waals surface area contributed by atoms with Crippen molar-refractivity contribution in [1.29, 1.82) is 0 Å². The first-order chi connectivity index (χ1) is 27.7. The molecule has 56 heavy (non-hydrogen) atoms. The van der Waals surface area contributed by atoms with Crippen molar-refractivity contribution in [3.63, 3.8) is 0 Å². The molecule has 1 amide bonds. The van der Waals surface area contributed by atoms with Crippen LogP contribution >= 0.6 is 0 Å². The molecule has 0 bridgehead atoms. The van der Waals surface area contributed by atoms with Gasteiger partial charge in [-0.25, -0.2) is 0 Å². The van der Waals surface area contributed by atoms with E-state index in [9.17, 15) is 15.0 Å². The van der Waals surface area contributed by atoms with Crippen molar-refractivity contribution < 1.29 is 15.0 Å². The van der Waals surface area contributed by atoms with E-state index in [2.05, 4.69) is 129 Å². The van der Waals surface area contributed by atoms with Crippen LogP contribution in [0.25, 0.3) is 0 Å². The fraction of sp³-hybridized carbons (Fsp3) is 0.596. The minimum atomic E-state index is -0.872. The molecule has 0 aromatic carbocycles. The van der Waals surface area contributed by atoms with Gasteiger partial charge >= 0.3 is 0 Å². The average molecular weight is 772 g/mol. The molecule has 0 aromatic rings. The van der Waals surface area contributed by atoms with Crippen LogP contribution in [-0.4, -0.2) is 34.9 Å². The molecule has 4 nitrogen and oxygen atoms in total. The molecule has 0 rings (SSSR count). The summed E-state index contributed by atoms with van der Waals surface area (Å²) in [5, 5.41) is 22.9. The van der Waals surface area contributed by atoms with Gasteiger partial charge in [-0.3, -0.25) is 4.79 Å². The number of aliphatic hydroxyl groups is 2. The van der Waals surface area contributed by atoms with Gasteiger partial charge in [0.05, 0.1) is 18.8 Å². The molecule has 3 N–H and O–H groups in total. The summed E-state index contributed by atoms with van der Waals surface area (Å²) in [5.74, 6) is -0.0909. The van der Waals surface area contributed by atoms with E-state index in [0.29, 0.717) is 6.42 Å². The first-order valence-electron chi connectivity index (χ1n) is 22.7. The molecule has 0 heterocycles. The summed E-state index contributed by atoms with van der Waals surface area (Å²) in [7, 11) is 0. The number of hydrogen-bond acceptors (Lipinski definition) is 3. The number of unbranched alkanes of at least 4 members (excludes halogenated alkanes) is 14. The normalized spacial score (nSPS) is 14.1. The fourth-order valence-corrected chi connectivity index (χ4v) is 5.97. The van der Waals surface area contributed by atoms with Crippen molar-refractivity contribution >= 4 is 5.91 Å². The highest BCUT2D eigenvalue weighted by molar-refractivity contribution is 5.76. The largest absolute Gasteiger partial charge is 0.394 e. The molecule has 316 valence electrons. The second-order valence-electron chi connectivity index (χ2n) is 14.7. The molecule has 2 unspecified atom stereocenters. The summed E-state index contributed by atoms with van der Waals surface area (Å²) >= 11 is 0. The van der Waals surface area contributed by atoms with Crippen molar-refractivity contribution in [2.45, 2.75) is 193 Å². The molecule has 0 fully saturated rings. The lowest BCUT2D eigenvalue weighted by molar-refractivity contribution is -0.123. The van der Waals surface area contributed by atoms with Crippen LogP contribution < -0.4 is 5.32 Å². The van der Waals surface area contributed by atoms with E-state index >= 15 is 0 Å². The van der Waals surface area contributed by atoms with Crippen molar-refractivity contribution in [3.05, 3.63) is 122 Å². The molecule has 0 saturated heterocycles. The third kappa shape index (κ3) is 41.9. The second-order valence-corrected chi connectivity index (χ2v) is 14.7. The second kappa shape index (κ2) is 46.2. The number of hydrogen-bond donors (Lipinski definition) is 3. The minimum Gasteiger partial charge on any atom is -0.394 e. The summed E-state index contributed by atoms with van der Waals surface area (Å²) in [6.07, 6.45) is 71.7. The summed E-state index contributed by atoms with van der Waals surface area (Å²) in [6, 6.07) is -0.650. The number of carbonyl (C=O) groups excluding carboxylic acids is 1. The van der Waals surface area contributed by atoms with E-state index in [-0.39, 0.29) is 12.5 Å². The predicted octanol–water partition coefficient (Wildman–Crippen LogP) is 14.6. The van der Waals surface area contributed by atoms with Crippen molar-refractivity contribution in [1.82, 2.24) is 5.32 Å². The number of rotatable bonds is 39. The molecule has 0 aliphatic heterocycles. The highest BCUT2D eigenvalue weighted by Crippen LogP contribution is 2.12. The zero-order valence-corrected chi connectivity index (χ0v) is 36.1. The van der Waals surface area contributed by atoms with E-state index in [4.69, 9.17) is 0 Å². The van der Waals surface area contributed by atoms with E-state index in [1.54, 1.807) is 6.08 Å². The Labute approximate surface area is 346 Å². The Balaban J connectivity index is 3.67. The number of aliphatic hydroxyl groups excluding tert-OH is 2. The quantitative estimate of drug-likeness (QED) is 0.0430. The lowest BCUT2D eigenvalue weighted by Crippen LogP contribution is -2.45. The van der Waals surface area contributed by atoms with Crippen LogP contribution in [0.15, 0.2) is 122 Å². The maximum Gasteiger partial charge on any atom is 0.220 e. The van der Waals surface area contributed by atoms with Gasteiger partial charge in [0.15, 0.2) is 0 Å². The zero-order chi connectivity index (χ0) is 40.7. The molecule has 0 saturated carbocycles. The Hall–Kier alpha value is -3.21. The van der Waals surface area contributed by atoms with Gasteiger partial charge in [-0.05, 0) is 96.3 Å². The first-order valence-corrected chi connectivity index (χ1v) is 22.7. The van der Waals surface area contributed by atoms with Crippen LogP contribution in [0.3, 0.4) is 0 Å². The van der Waals surface area contributed by atoms with Crippen LogP contribution in [0, 0.1) is 0 Å². The lowest BCUT2D eigenvalue weighted by atomic mass is 10.1. The Morgan fingerprint density at radius 1 is 0.446 bits per heavy atom. The molecule has 0 aliphatic rings. The van der Waals surface area contributed by atoms with Gasteiger partial charge in [-0.2, -0.15) is 0 Å². The summed E-state index contributed by atoms with van der Waals surface area (Å²) < 4.78 is 0. The van der Waals surface area contributed by atoms with Gasteiger partial charge in [0, 0.05) is 6.42 Å². The smallest absolute Gasteiger partial charge is 0.220 e. The molecule has 0 aromatic heterocycles. The van der Waals surface area contributed by atoms with E-state index in [1.165, 1.54) is 64.2 Å². The van der Waals surface area contributed by atoms with Gasteiger partial charge < -0.3 is 15.5 Å². The van der Waals surface area contributed by atoms with Crippen molar-refractivity contribution in [2.24, 2.45) is 0 Å². The standard InChI is InChI=1S/C52H85NO3/c1-3-5-7-9-11-13-15-16-17-18-19-20-21-22-23-24-25-26-27-28-29-30-31-32-33-34-35-36-38-40-42-44-46-48-52(56)53-50(49-54)51(55)47-45-43-41-39-37-14-12-10-8-6-4-2/h5,7,11,13,16-17,19-20,22-23,25-26,28-29,31-32,37,39,45,47,50-51,54-55H,3-4,6,8-10,12,14-15,18,21,24,27,30,33-36,38,40-44,46,48-49H2,1-2H3,(H,53,56)/b7-5-,13-11-,17-16-,20-19-,23-22-,26-25-,29-28-,32-31-,39-37+,47-45+. The van der Waals surface area contributed by atoms with Gasteiger partial charge in [-0.15, -0.1) is 0 Å². The Kier molecular flexibility index (Phi) is 43.5. The zero-order valence-electron chi connectivity index (χ0n) is 36.1. The predicted molar refractivity (Wildman–Crippen MR) is 248 cm³/mol. The maximum absolute atomic E-state index is 12.4. The third-order valence-electron chi connectivity index (χ3n) is 9.43. The molecule has 0 aliphatic carbocycles. The number of amides is 1. The number of carbonyl (C=O) groups is 1. The summed E-state index contributed by atoms with van der Waals surface area (Å²) in [4.78, 5) is 12.4. The maximum atomic E-state index is 12.4. The van der Waals surface area contributed by atoms with Gasteiger partial charge in [0.25, 0.3) is 0 Å². The van der Waals surface area contributed by atoms with Crippen molar-refractivity contribution in [2.75, 3.05) is 6.61 Å². The monoisotopic (exact) mass is 772 g/mol. The van der Waals surface area contributed by atoms with E-state index < -0.39 is 12.1 Å². The van der Waals surface area contributed by atoms with Gasteiger partial charge in [-0.1, -0.05) is 200 Å². The Bertz CT molecular complexity index is 1150. The molecule has 4 heteroatoms. The Morgan fingerprint density at radius 2 is 0.804 bits per heavy atom. The average Bonchev–Trinajstić information content (AvgIpc) is 3.20. The molecule has 0 radical (unpaired) electrons. The fourth-order valence-electron chi connectivity index (χ4n) is 5.97. The number of allylic oxidation sites excluding steroid dienone is 19. The third-order valence-corrected chi connectivity index (χ3v) is 9.43. The topological polar surface area (TPSA) is 69.6 Å². The summed E-state index contributed by atoms with van der Waals surface area (Å²) in [6.45, 7) is 4.13. The minimum absolute atomic E-state index is 0.0909. The van der Waals surface area contributed by atoms with Crippen LogP contribution in [0.4, 0.5) is 0 Å². The number of nitrogens with one attached hydrogen (secondary N) is 1. The van der Waals surface area contributed by atoms with Crippen molar-refractivity contribution in [3.8, 4) is 0 Å². The SMILES string of the molecule is CC/C=C\C/C=C\C/C=C\C/C=C\C/C=C\C/C=C\C/C=C\C/C=C\CCCCCCCCCCC(=O)NC(CO)C(O)/C=C/CC/C=C/CCCCCCC. The summed E-state index contributed by atoms with van der Waals surface area (Å²) in [5.41, 5.74) is 0. The highest BCUT2D eigenvalue weighted by Gasteiger charge is 2.17. The Morgan fingerprint density at radius 3 is 1.25 bits per heavy atom. The first kappa shape index (κ1) is 52.8. The van der Waals surface area contributed by atoms with E-state index in [0.717, 1.165) is 96.3 Å². The van der Waals surface area contributed by atoms with Crippen LogP contribution in [0.1, 0.15) is 181 Å². The lowest BCUT2D eigenvalue weighted by Gasteiger charge is -2.19. The molecule has 0 spiro atoms. The van der Waals surface area contributed by atoms with Crippen LogP contribution in [0.2, 0.25) is 0 Å². The molecular formula is C52H85NO3. The van der Waals surface area contributed by atoms with Gasteiger partial charge in [0.2, 0.25) is 5.91 Å². The molecular weight excluding hydrogens is 687 g/mol. The molecule has 2 atom stereocenters. The van der Waals surface area contributed by atoms with E-state index in [1.807, 2.05) is 6.08 Å². The van der Waals surface area contributed by atoms with Crippen LogP contribution in [-0.2, 0) is 4.79 Å². The van der Waals surface area contributed by atoms with Crippen LogP contribution in [0.5, 0.6) is 0 Å².